The summed E-state index contributed by atoms with van der Waals surface area (Å²) in [6, 6.07) is 9.76. The van der Waals surface area contributed by atoms with E-state index in [0.717, 1.165) is 37.9 Å². The molecule has 4 unspecified atom stereocenters. The first-order chi connectivity index (χ1) is 12.3. The zero-order chi connectivity index (χ0) is 17.2. The van der Waals surface area contributed by atoms with Gasteiger partial charge in [0.05, 0.1) is 30.6 Å². The van der Waals surface area contributed by atoms with Gasteiger partial charge < -0.3 is 14.6 Å². The lowest BCUT2D eigenvalue weighted by Gasteiger charge is -2.48. The highest BCUT2D eigenvalue weighted by Gasteiger charge is 2.48. The van der Waals surface area contributed by atoms with Gasteiger partial charge in [-0.1, -0.05) is 30.3 Å². The smallest absolute Gasteiger partial charge is 0.173 e. The van der Waals surface area contributed by atoms with E-state index in [0.29, 0.717) is 12.3 Å². The number of allylic oxidation sites excluding steroid dienone is 1. The minimum Gasteiger partial charge on any atom is -0.496 e. The van der Waals surface area contributed by atoms with E-state index in [1.54, 1.807) is 6.26 Å². The Bertz CT molecular complexity index is 644. The second-order valence-corrected chi connectivity index (χ2v) is 7.20. The predicted octanol–water partition coefficient (Wildman–Crippen LogP) is 2.06. The second kappa shape index (κ2) is 7.28. The molecule has 25 heavy (non-hydrogen) atoms. The Kier molecular flexibility index (Phi) is 4.88. The highest BCUT2D eigenvalue weighted by Crippen LogP contribution is 2.41. The molecule has 1 aromatic rings. The van der Waals surface area contributed by atoms with Crippen LogP contribution < -0.4 is 0 Å². The van der Waals surface area contributed by atoms with Crippen molar-refractivity contribution in [2.75, 3.05) is 26.4 Å². The third-order valence-electron chi connectivity index (χ3n) is 5.66. The van der Waals surface area contributed by atoms with Crippen LogP contribution in [0.2, 0.25) is 0 Å². The van der Waals surface area contributed by atoms with Crippen LogP contribution in [0.25, 0.3) is 5.57 Å². The number of Topliss-reactive ketones (excluding diaryl/α,β-unsaturated/α-hetero) is 1. The van der Waals surface area contributed by atoms with Gasteiger partial charge >= 0.3 is 0 Å². The molecule has 2 aliphatic heterocycles. The Morgan fingerprint density at radius 2 is 2.04 bits per heavy atom. The van der Waals surface area contributed by atoms with Crippen LogP contribution in [0.4, 0.5) is 0 Å². The molecule has 0 spiro atoms. The number of fused-ring (bicyclic) bond motifs is 3. The van der Waals surface area contributed by atoms with Crippen LogP contribution in [0.5, 0.6) is 0 Å². The minimum atomic E-state index is -0.101. The van der Waals surface area contributed by atoms with Gasteiger partial charge in [-0.3, -0.25) is 9.69 Å². The Morgan fingerprint density at radius 1 is 1.20 bits per heavy atom. The number of ether oxygens (including phenoxy) is 2. The molecule has 0 radical (unpaired) electrons. The first kappa shape index (κ1) is 16.8. The summed E-state index contributed by atoms with van der Waals surface area (Å²) in [4.78, 5) is 15.3. The van der Waals surface area contributed by atoms with Crippen LogP contribution in [-0.2, 0) is 14.3 Å². The standard InChI is InChI=1S/C20H25NO4/c22-10-4-9-21-11-16-18(25-13-21)8-7-15-19(23)17(12-24-20(15)16)14-5-2-1-3-6-14/h1-3,5-6,12,15-16,18,20,22H,4,7-11,13H2. The SMILES string of the molecule is O=C1C(c2ccccc2)=COC2C1CCC1OCN(CCCO)CC12. The molecule has 2 fully saturated rings. The molecule has 2 heterocycles. The lowest BCUT2D eigenvalue weighted by atomic mass is 9.71. The number of ketones is 1. The lowest BCUT2D eigenvalue weighted by Crippen LogP contribution is -2.56. The van der Waals surface area contributed by atoms with Gasteiger partial charge in [-0.15, -0.1) is 0 Å². The van der Waals surface area contributed by atoms with Crippen molar-refractivity contribution in [3.8, 4) is 0 Å². The minimum absolute atomic E-state index is 0.0807. The van der Waals surface area contributed by atoms with Crippen molar-refractivity contribution in [2.45, 2.75) is 31.5 Å². The molecule has 1 aromatic carbocycles. The van der Waals surface area contributed by atoms with Gasteiger partial charge in [-0.2, -0.15) is 0 Å². The Labute approximate surface area is 148 Å². The molecule has 1 saturated heterocycles. The molecule has 0 bridgehead atoms. The van der Waals surface area contributed by atoms with Crippen molar-refractivity contribution in [3.63, 3.8) is 0 Å². The molecular weight excluding hydrogens is 318 g/mol. The molecule has 134 valence electrons. The second-order valence-electron chi connectivity index (χ2n) is 7.20. The van der Waals surface area contributed by atoms with E-state index >= 15 is 0 Å². The van der Waals surface area contributed by atoms with E-state index in [4.69, 9.17) is 14.6 Å². The number of aliphatic hydroxyl groups is 1. The maximum Gasteiger partial charge on any atom is 0.173 e. The van der Waals surface area contributed by atoms with Gasteiger partial charge in [0.15, 0.2) is 5.78 Å². The van der Waals surface area contributed by atoms with Crippen molar-refractivity contribution >= 4 is 11.4 Å². The zero-order valence-electron chi connectivity index (χ0n) is 14.3. The zero-order valence-corrected chi connectivity index (χ0v) is 14.3. The molecule has 5 heteroatoms. The monoisotopic (exact) mass is 343 g/mol. The number of hydrogen-bond donors (Lipinski definition) is 1. The molecule has 1 saturated carbocycles. The molecule has 1 N–H and O–H groups in total. The average Bonchev–Trinajstić information content (AvgIpc) is 2.67. The fourth-order valence-electron chi connectivity index (χ4n) is 4.37. The summed E-state index contributed by atoms with van der Waals surface area (Å²) in [6.07, 6.45) is 4.21. The van der Waals surface area contributed by atoms with Gasteiger partial charge in [0.25, 0.3) is 0 Å². The van der Waals surface area contributed by atoms with Crippen molar-refractivity contribution in [1.82, 2.24) is 4.90 Å². The number of nitrogens with zero attached hydrogens (tertiary/aromatic N) is 1. The summed E-state index contributed by atoms with van der Waals surface area (Å²) >= 11 is 0. The lowest BCUT2D eigenvalue weighted by molar-refractivity contribution is -0.170. The van der Waals surface area contributed by atoms with E-state index in [9.17, 15) is 4.79 Å². The van der Waals surface area contributed by atoms with Gasteiger partial charge in [-0.05, 0) is 24.8 Å². The third kappa shape index (κ3) is 3.24. The van der Waals surface area contributed by atoms with Crippen molar-refractivity contribution < 1.29 is 19.4 Å². The van der Waals surface area contributed by atoms with Crippen LogP contribution >= 0.6 is 0 Å². The topological polar surface area (TPSA) is 59.0 Å². The van der Waals surface area contributed by atoms with Gasteiger partial charge in [-0.25, -0.2) is 0 Å². The van der Waals surface area contributed by atoms with Crippen molar-refractivity contribution in [1.29, 1.82) is 0 Å². The molecule has 3 aliphatic rings. The van der Waals surface area contributed by atoms with Gasteiger partial charge in [0.1, 0.15) is 6.10 Å². The van der Waals surface area contributed by atoms with E-state index in [-0.39, 0.29) is 36.4 Å². The maximum atomic E-state index is 13.1. The van der Waals surface area contributed by atoms with E-state index < -0.39 is 0 Å². The first-order valence-electron chi connectivity index (χ1n) is 9.18. The van der Waals surface area contributed by atoms with E-state index in [2.05, 4.69) is 4.90 Å². The Morgan fingerprint density at radius 3 is 2.84 bits per heavy atom. The number of rotatable bonds is 4. The number of benzene rings is 1. The fraction of sp³-hybridized carbons (Fsp3) is 0.550. The van der Waals surface area contributed by atoms with Gasteiger partial charge in [0.2, 0.25) is 0 Å². The van der Waals surface area contributed by atoms with Crippen LogP contribution in [0, 0.1) is 11.8 Å². The number of aliphatic hydroxyl groups excluding tert-OH is 1. The van der Waals surface area contributed by atoms with Crippen LogP contribution in [0.3, 0.4) is 0 Å². The molecule has 0 aromatic heterocycles. The largest absolute Gasteiger partial charge is 0.496 e. The van der Waals surface area contributed by atoms with Crippen molar-refractivity contribution in [2.24, 2.45) is 11.8 Å². The molecule has 4 rings (SSSR count). The Hall–Kier alpha value is -1.69. The summed E-state index contributed by atoms with van der Waals surface area (Å²) < 4.78 is 12.1. The average molecular weight is 343 g/mol. The normalized spacial score (nSPS) is 32.4. The first-order valence-corrected chi connectivity index (χ1v) is 9.18. The summed E-state index contributed by atoms with van der Waals surface area (Å²) in [5.74, 6) is 0.333. The van der Waals surface area contributed by atoms with Crippen LogP contribution in [0.1, 0.15) is 24.8 Å². The van der Waals surface area contributed by atoms with E-state index in [1.165, 1.54) is 0 Å². The summed E-state index contributed by atoms with van der Waals surface area (Å²) in [6.45, 7) is 2.48. The van der Waals surface area contributed by atoms with E-state index in [1.807, 2.05) is 30.3 Å². The Balaban J connectivity index is 1.52. The van der Waals surface area contributed by atoms with Crippen LogP contribution in [0.15, 0.2) is 36.6 Å². The summed E-state index contributed by atoms with van der Waals surface area (Å²) in [5, 5.41) is 9.04. The van der Waals surface area contributed by atoms with Crippen LogP contribution in [-0.4, -0.2) is 54.4 Å². The number of carbonyl (C=O) groups is 1. The molecule has 1 aliphatic carbocycles. The molecule has 5 nitrogen and oxygen atoms in total. The molecule has 0 amide bonds. The number of carbonyl (C=O) groups excluding carboxylic acids is 1. The highest BCUT2D eigenvalue weighted by molar-refractivity contribution is 6.22. The highest BCUT2D eigenvalue weighted by atomic mass is 16.5. The third-order valence-corrected chi connectivity index (χ3v) is 5.66. The number of hydrogen-bond acceptors (Lipinski definition) is 5. The molecular formula is C20H25NO4. The molecule has 4 atom stereocenters. The predicted molar refractivity (Wildman–Crippen MR) is 93.5 cm³/mol. The quantitative estimate of drug-likeness (QED) is 0.907. The summed E-state index contributed by atoms with van der Waals surface area (Å²) in [7, 11) is 0. The van der Waals surface area contributed by atoms with Crippen molar-refractivity contribution in [3.05, 3.63) is 42.2 Å². The maximum absolute atomic E-state index is 13.1. The van der Waals surface area contributed by atoms with Gasteiger partial charge in [0, 0.05) is 25.6 Å². The fourth-order valence-corrected chi connectivity index (χ4v) is 4.37. The summed E-state index contributed by atoms with van der Waals surface area (Å²) in [5.41, 5.74) is 1.62.